The second kappa shape index (κ2) is 2.70. The molecule has 1 fully saturated rings. The minimum absolute atomic E-state index is 0.278. The van der Waals surface area contributed by atoms with Crippen molar-refractivity contribution in [3.63, 3.8) is 0 Å². The summed E-state index contributed by atoms with van der Waals surface area (Å²) in [6, 6.07) is 0. The fourth-order valence-electron chi connectivity index (χ4n) is 0.753. The molecule has 1 aliphatic carbocycles. The smallest absolute Gasteiger partial charge is 0.0629 e. The molecule has 0 saturated heterocycles. The van der Waals surface area contributed by atoms with Crippen LogP contribution in [0, 0.1) is 5.92 Å². The van der Waals surface area contributed by atoms with Crippen molar-refractivity contribution in [3.05, 3.63) is 0 Å². The molecule has 1 unspecified atom stereocenters. The first-order valence-electron chi connectivity index (χ1n) is 2.97. The van der Waals surface area contributed by atoms with Crippen LogP contribution in [-0.2, 0) is 4.74 Å². The molecule has 48 valence electrons. The third-order valence-electron chi connectivity index (χ3n) is 1.46. The molecular formula is C6H11ClO. The Morgan fingerprint density at radius 1 is 1.75 bits per heavy atom. The number of halogens is 1. The van der Waals surface area contributed by atoms with E-state index in [1.54, 1.807) is 7.11 Å². The van der Waals surface area contributed by atoms with Crippen molar-refractivity contribution in [2.24, 2.45) is 5.92 Å². The van der Waals surface area contributed by atoms with Crippen LogP contribution in [0.1, 0.15) is 12.8 Å². The van der Waals surface area contributed by atoms with Gasteiger partial charge in [-0.1, -0.05) is 0 Å². The highest BCUT2D eigenvalue weighted by Crippen LogP contribution is 2.35. The van der Waals surface area contributed by atoms with Gasteiger partial charge in [0.1, 0.15) is 0 Å². The Labute approximate surface area is 55.0 Å². The molecule has 1 saturated carbocycles. The van der Waals surface area contributed by atoms with Crippen LogP contribution in [0.5, 0.6) is 0 Å². The lowest BCUT2D eigenvalue weighted by atomic mass is 10.3. The number of alkyl halides is 1. The van der Waals surface area contributed by atoms with Crippen molar-refractivity contribution in [2.75, 3.05) is 13.7 Å². The Kier molecular flexibility index (Phi) is 2.15. The maximum Gasteiger partial charge on any atom is 0.0629 e. The van der Waals surface area contributed by atoms with Crippen LogP contribution in [0.3, 0.4) is 0 Å². The summed E-state index contributed by atoms with van der Waals surface area (Å²) in [5.41, 5.74) is 0. The zero-order chi connectivity index (χ0) is 5.98. The van der Waals surface area contributed by atoms with Gasteiger partial charge in [0.25, 0.3) is 0 Å². The van der Waals surface area contributed by atoms with Crippen molar-refractivity contribution in [3.8, 4) is 0 Å². The number of methoxy groups -OCH3 is 1. The van der Waals surface area contributed by atoms with Crippen LogP contribution in [0.2, 0.25) is 0 Å². The summed E-state index contributed by atoms with van der Waals surface area (Å²) < 4.78 is 4.87. The lowest BCUT2D eigenvalue weighted by Crippen LogP contribution is -2.08. The molecule has 1 aliphatic rings. The van der Waals surface area contributed by atoms with E-state index >= 15 is 0 Å². The lowest BCUT2D eigenvalue weighted by Gasteiger charge is -2.03. The van der Waals surface area contributed by atoms with E-state index in [4.69, 9.17) is 16.3 Å². The van der Waals surface area contributed by atoms with E-state index < -0.39 is 0 Å². The van der Waals surface area contributed by atoms with Gasteiger partial charge >= 0.3 is 0 Å². The average molecular weight is 135 g/mol. The maximum atomic E-state index is 5.85. The van der Waals surface area contributed by atoms with Gasteiger partial charge in [-0.3, -0.25) is 0 Å². The molecule has 8 heavy (non-hydrogen) atoms. The van der Waals surface area contributed by atoms with Gasteiger partial charge in [0, 0.05) is 7.11 Å². The first-order valence-corrected chi connectivity index (χ1v) is 3.41. The second-order valence-electron chi connectivity index (χ2n) is 2.31. The molecular weight excluding hydrogens is 124 g/mol. The monoisotopic (exact) mass is 134 g/mol. The van der Waals surface area contributed by atoms with Crippen LogP contribution in [0.15, 0.2) is 0 Å². The van der Waals surface area contributed by atoms with Gasteiger partial charge in [-0.15, -0.1) is 11.6 Å². The summed E-state index contributed by atoms with van der Waals surface area (Å²) in [7, 11) is 1.69. The molecule has 0 bridgehead atoms. The minimum Gasteiger partial charge on any atom is -0.383 e. The third kappa shape index (κ3) is 1.64. The van der Waals surface area contributed by atoms with Crippen LogP contribution in [0.25, 0.3) is 0 Å². The van der Waals surface area contributed by atoms with Crippen molar-refractivity contribution >= 4 is 11.6 Å². The number of hydrogen-bond acceptors (Lipinski definition) is 1. The lowest BCUT2D eigenvalue weighted by molar-refractivity contribution is 0.193. The normalized spacial score (nSPS) is 23.2. The molecule has 0 heterocycles. The van der Waals surface area contributed by atoms with E-state index in [1.807, 2.05) is 0 Å². The maximum absolute atomic E-state index is 5.85. The fraction of sp³-hybridized carbons (Fsp3) is 1.00. The molecule has 0 aromatic rings. The van der Waals surface area contributed by atoms with Crippen LogP contribution >= 0.6 is 11.6 Å². The van der Waals surface area contributed by atoms with Crippen molar-refractivity contribution in [2.45, 2.75) is 18.2 Å². The highest BCUT2D eigenvalue weighted by molar-refractivity contribution is 6.21. The summed E-state index contributed by atoms with van der Waals surface area (Å²) in [6.45, 7) is 0.715. The van der Waals surface area contributed by atoms with Gasteiger partial charge in [0.2, 0.25) is 0 Å². The quantitative estimate of drug-likeness (QED) is 0.534. The highest BCUT2D eigenvalue weighted by atomic mass is 35.5. The van der Waals surface area contributed by atoms with Gasteiger partial charge in [-0.2, -0.15) is 0 Å². The molecule has 2 heteroatoms. The summed E-state index contributed by atoms with van der Waals surface area (Å²) in [5.74, 6) is 0.761. The van der Waals surface area contributed by atoms with E-state index in [0.717, 1.165) is 5.92 Å². The average Bonchev–Trinajstić information content (AvgIpc) is 2.45. The van der Waals surface area contributed by atoms with E-state index in [2.05, 4.69) is 0 Å². The van der Waals surface area contributed by atoms with Gasteiger partial charge < -0.3 is 4.74 Å². The Morgan fingerprint density at radius 3 is 2.75 bits per heavy atom. The number of hydrogen-bond donors (Lipinski definition) is 0. The molecule has 1 nitrogen and oxygen atoms in total. The zero-order valence-corrected chi connectivity index (χ0v) is 5.82. The second-order valence-corrected chi connectivity index (χ2v) is 2.87. The molecule has 0 radical (unpaired) electrons. The van der Waals surface area contributed by atoms with Crippen molar-refractivity contribution in [1.29, 1.82) is 0 Å². The molecule has 0 aromatic heterocycles. The van der Waals surface area contributed by atoms with E-state index in [1.165, 1.54) is 12.8 Å². The predicted molar refractivity (Wildman–Crippen MR) is 34.2 cm³/mol. The summed E-state index contributed by atoms with van der Waals surface area (Å²) in [4.78, 5) is 0. The Morgan fingerprint density at radius 2 is 2.38 bits per heavy atom. The zero-order valence-electron chi connectivity index (χ0n) is 5.06. The standard InChI is InChI=1S/C6H11ClO/c1-8-4-6(7)5-2-3-5/h5-6H,2-4H2,1H3. The summed E-state index contributed by atoms with van der Waals surface area (Å²) >= 11 is 5.85. The molecule has 1 rings (SSSR count). The van der Waals surface area contributed by atoms with E-state index in [-0.39, 0.29) is 5.38 Å². The van der Waals surface area contributed by atoms with Crippen molar-refractivity contribution in [1.82, 2.24) is 0 Å². The Bertz CT molecular complexity index is 70.9. The molecule has 0 aromatic carbocycles. The van der Waals surface area contributed by atoms with E-state index in [0.29, 0.717) is 6.61 Å². The first-order chi connectivity index (χ1) is 3.84. The van der Waals surface area contributed by atoms with E-state index in [9.17, 15) is 0 Å². The molecule has 0 N–H and O–H groups in total. The van der Waals surface area contributed by atoms with Crippen LogP contribution < -0.4 is 0 Å². The first kappa shape index (κ1) is 6.37. The minimum atomic E-state index is 0.278. The summed E-state index contributed by atoms with van der Waals surface area (Å²) in [6.07, 6.45) is 2.61. The Hall–Kier alpha value is 0.250. The summed E-state index contributed by atoms with van der Waals surface area (Å²) in [5, 5.41) is 0.278. The van der Waals surface area contributed by atoms with Gasteiger partial charge in [0.05, 0.1) is 12.0 Å². The fourth-order valence-corrected chi connectivity index (χ4v) is 1.13. The topological polar surface area (TPSA) is 9.23 Å². The number of ether oxygens (including phenoxy) is 1. The van der Waals surface area contributed by atoms with Gasteiger partial charge in [-0.05, 0) is 18.8 Å². The van der Waals surface area contributed by atoms with Crippen LogP contribution in [-0.4, -0.2) is 19.1 Å². The van der Waals surface area contributed by atoms with Gasteiger partial charge in [-0.25, -0.2) is 0 Å². The van der Waals surface area contributed by atoms with Gasteiger partial charge in [0.15, 0.2) is 0 Å². The molecule has 0 aliphatic heterocycles. The SMILES string of the molecule is COCC(Cl)C1CC1. The Balaban J connectivity index is 2.03. The highest BCUT2D eigenvalue weighted by Gasteiger charge is 2.29. The third-order valence-corrected chi connectivity index (χ3v) is 1.94. The molecule has 0 spiro atoms. The van der Waals surface area contributed by atoms with Crippen LogP contribution in [0.4, 0.5) is 0 Å². The predicted octanol–water partition coefficient (Wildman–Crippen LogP) is 1.65. The van der Waals surface area contributed by atoms with Crippen molar-refractivity contribution < 1.29 is 4.74 Å². The largest absolute Gasteiger partial charge is 0.383 e. The number of rotatable bonds is 3. The molecule has 1 atom stereocenters. The molecule has 0 amide bonds.